The molecule has 2 aromatic rings. The van der Waals surface area contributed by atoms with Crippen LogP contribution in [-0.4, -0.2) is 45.9 Å². The summed E-state index contributed by atoms with van der Waals surface area (Å²) in [4.78, 5) is 6.00. The van der Waals surface area contributed by atoms with Gasteiger partial charge in [0.05, 0.1) is 12.1 Å². The van der Waals surface area contributed by atoms with E-state index in [4.69, 9.17) is 4.74 Å². The fourth-order valence-electron chi connectivity index (χ4n) is 2.28. The van der Waals surface area contributed by atoms with E-state index in [0.29, 0.717) is 6.54 Å². The highest BCUT2D eigenvalue weighted by Gasteiger charge is 2.34. The fraction of sp³-hybridized carbons (Fsp3) is 0.438. The summed E-state index contributed by atoms with van der Waals surface area (Å²) in [5.74, 6) is 0.545. The molecule has 5 nitrogen and oxygen atoms in total. The average Bonchev–Trinajstić information content (AvgIpc) is 2.89. The number of para-hydroxylation sites is 1. The second-order valence-electron chi connectivity index (χ2n) is 5.61. The number of imidazole rings is 1. The zero-order valence-electron chi connectivity index (χ0n) is 13.5. The van der Waals surface area contributed by atoms with Crippen LogP contribution in [0, 0.1) is 0 Å². The van der Waals surface area contributed by atoms with Crippen molar-refractivity contribution in [2.24, 2.45) is 7.05 Å². The van der Waals surface area contributed by atoms with Crippen LogP contribution in [0.25, 0.3) is 0 Å². The number of nitrogens with zero attached hydrogens (tertiary/aromatic N) is 3. The van der Waals surface area contributed by atoms with E-state index in [-0.39, 0.29) is 18.9 Å². The number of halogens is 3. The fourth-order valence-corrected chi connectivity index (χ4v) is 2.28. The summed E-state index contributed by atoms with van der Waals surface area (Å²) in [6.07, 6.45) is -1.92. The van der Waals surface area contributed by atoms with Crippen LogP contribution in [0.5, 0.6) is 5.75 Å². The lowest BCUT2D eigenvalue weighted by Crippen LogP contribution is -2.33. The number of hydrogen-bond donors (Lipinski definition) is 1. The minimum atomic E-state index is -4.49. The molecule has 24 heavy (non-hydrogen) atoms. The van der Waals surface area contributed by atoms with E-state index in [1.807, 2.05) is 22.7 Å². The first-order chi connectivity index (χ1) is 11.3. The highest BCUT2D eigenvalue weighted by molar-refractivity contribution is 5.35. The molecule has 0 fully saturated rings. The number of aryl methyl sites for hydroxylation is 1. The molecule has 1 unspecified atom stereocenters. The Hall–Kier alpha value is -2.06. The molecule has 0 spiro atoms. The van der Waals surface area contributed by atoms with Crippen molar-refractivity contribution in [1.29, 1.82) is 0 Å². The lowest BCUT2D eigenvalue weighted by Gasteiger charge is -2.21. The third-order valence-corrected chi connectivity index (χ3v) is 3.48. The minimum absolute atomic E-state index is 0.224. The second kappa shape index (κ2) is 7.67. The molecule has 0 bridgehead atoms. The van der Waals surface area contributed by atoms with E-state index in [1.54, 1.807) is 13.2 Å². The Balaban J connectivity index is 1.87. The van der Waals surface area contributed by atoms with Gasteiger partial charge in [0.1, 0.15) is 24.3 Å². The zero-order valence-corrected chi connectivity index (χ0v) is 13.5. The second-order valence-corrected chi connectivity index (χ2v) is 5.61. The average molecular weight is 343 g/mol. The third-order valence-electron chi connectivity index (χ3n) is 3.48. The van der Waals surface area contributed by atoms with E-state index >= 15 is 0 Å². The molecule has 0 aliphatic carbocycles. The van der Waals surface area contributed by atoms with E-state index in [9.17, 15) is 18.3 Å². The first-order valence-corrected chi connectivity index (χ1v) is 7.39. The SMILES string of the molecule is CN(Cc1nccn1C)CC(O)COc1ccccc1C(F)(F)F. The largest absolute Gasteiger partial charge is 0.490 e. The van der Waals surface area contributed by atoms with Gasteiger partial charge in [-0.05, 0) is 19.2 Å². The molecule has 1 aromatic carbocycles. The van der Waals surface area contributed by atoms with Crippen molar-refractivity contribution in [2.45, 2.75) is 18.8 Å². The van der Waals surface area contributed by atoms with Crippen LogP contribution in [0.4, 0.5) is 13.2 Å². The van der Waals surface area contributed by atoms with Gasteiger partial charge in [-0.3, -0.25) is 4.90 Å². The third kappa shape index (κ3) is 4.97. The molecule has 1 atom stereocenters. The predicted molar refractivity (Wildman–Crippen MR) is 82.5 cm³/mol. The molecule has 8 heteroatoms. The topological polar surface area (TPSA) is 50.5 Å². The molecular weight excluding hydrogens is 323 g/mol. The smallest absolute Gasteiger partial charge is 0.419 e. The maximum Gasteiger partial charge on any atom is 0.419 e. The van der Waals surface area contributed by atoms with Gasteiger partial charge < -0.3 is 14.4 Å². The number of likely N-dealkylation sites (N-methyl/N-ethyl adjacent to an activating group) is 1. The summed E-state index contributed by atoms with van der Waals surface area (Å²) in [6, 6.07) is 4.96. The van der Waals surface area contributed by atoms with Crippen LogP contribution >= 0.6 is 0 Å². The normalized spacial score (nSPS) is 13.3. The van der Waals surface area contributed by atoms with Crippen molar-refractivity contribution in [2.75, 3.05) is 20.2 Å². The van der Waals surface area contributed by atoms with E-state index in [1.165, 1.54) is 18.2 Å². The van der Waals surface area contributed by atoms with Crippen molar-refractivity contribution < 1.29 is 23.0 Å². The molecule has 1 heterocycles. The maximum atomic E-state index is 12.9. The monoisotopic (exact) mass is 343 g/mol. The Labute approximate surface area is 138 Å². The van der Waals surface area contributed by atoms with Crippen LogP contribution in [-0.2, 0) is 19.8 Å². The van der Waals surface area contributed by atoms with E-state index in [0.717, 1.165) is 11.9 Å². The number of rotatable bonds is 7. The predicted octanol–water partition coefficient (Wildman–Crippen LogP) is 2.31. The number of aliphatic hydroxyl groups is 1. The summed E-state index contributed by atoms with van der Waals surface area (Å²) in [5.41, 5.74) is -0.849. The molecule has 0 aliphatic heterocycles. The van der Waals surface area contributed by atoms with E-state index < -0.39 is 17.8 Å². The number of aliphatic hydroxyl groups excluding tert-OH is 1. The molecule has 0 radical (unpaired) electrons. The zero-order chi connectivity index (χ0) is 17.7. The van der Waals surface area contributed by atoms with Gasteiger partial charge in [0, 0.05) is 26.0 Å². The van der Waals surface area contributed by atoms with Crippen molar-refractivity contribution in [3.8, 4) is 5.75 Å². The first-order valence-electron chi connectivity index (χ1n) is 7.39. The lowest BCUT2D eigenvalue weighted by molar-refractivity contribution is -0.139. The van der Waals surface area contributed by atoms with Crippen LogP contribution < -0.4 is 4.74 Å². The maximum absolute atomic E-state index is 12.9. The van der Waals surface area contributed by atoms with Crippen molar-refractivity contribution in [3.05, 3.63) is 48.0 Å². The molecule has 0 saturated heterocycles. The van der Waals surface area contributed by atoms with Gasteiger partial charge in [-0.1, -0.05) is 12.1 Å². The van der Waals surface area contributed by atoms with Crippen LogP contribution in [0.1, 0.15) is 11.4 Å². The summed E-state index contributed by atoms with van der Waals surface area (Å²) in [5, 5.41) is 10.00. The number of hydrogen-bond acceptors (Lipinski definition) is 4. The Kier molecular flexibility index (Phi) is 5.84. The Morgan fingerprint density at radius 2 is 2.04 bits per heavy atom. The van der Waals surface area contributed by atoms with Crippen molar-refractivity contribution >= 4 is 0 Å². The van der Waals surface area contributed by atoms with Gasteiger partial charge >= 0.3 is 6.18 Å². The number of ether oxygens (including phenoxy) is 1. The number of aromatic nitrogens is 2. The molecular formula is C16H20F3N3O2. The van der Waals surface area contributed by atoms with Crippen molar-refractivity contribution in [1.82, 2.24) is 14.5 Å². The molecule has 1 aromatic heterocycles. The number of alkyl halides is 3. The molecule has 0 saturated carbocycles. The summed E-state index contributed by atoms with van der Waals surface area (Å²) in [7, 11) is 3.66. The molecule has 0 amide bonds. The highest BCUT2D eigenvalue weighted by Crippen LogP contribution is 2.35. The minimum Gasteiger partial charge on any atom is -0.490 e. The van der Waals surface area contributed by atoms with Gasteiger partial charge in [0.2, 0.25) is 0 Å². The summed E-state index contributed by atoms with van der Waals surface area (Å²) < 4.78 is 45.6. The Morgan fingerprint density at radius 1 is 1.33 bits per heavy atom. The highest BCUT2D eigenvalue weighted by atomic mass is 19.4. The van der Waals surface area contributed by atoms with Gasteiger partial charge in [0.25, 0.3) is 0 Å². The molecule has 0 aliphatic rings. The van der Waals surface area contributed by atoms with Gasteiger partial charge in [-0.25, -0.2) is 4.98 Å². The summed E-state index contributed by atoms with van der Waals surface area (Å²) in [6.45, 7) is 0.540. The van der Waals surface area contributed by atoms with Crippen molar-refractivity contribution in [3.63, 3.8) is 0 Å². The van der Waals surface area contributed by atoms with Gasteiger partial charge in [-0.15, -0.1) is 0 Å². The molecule has 2 rings (SSSR count). The Morgan fingerprint density at radius 3 is 2.67 bits per heavy atom. The lowest BCUT2D eigenvalue weighted by atomic mass is 10.2. The van der Waals surface area contributed by atoms with Crippen LogP contribution in [0.3, 0.4) is 0 Å². The standard InChI is InChI=1S/C16H20F3N3O2/c1-21(10-15-20-7-8-22(15)2)9-12(23)11-24-14-6-4-3-5-13(14)16(17,18)19/h3-8,12,23H,9-11H2,1-2H3. The first kappa shape index (κ1) is 18.3. The van der Waals surface area contributed by atoms with Crippen LogP contribution in [0.15, 0.2) is 36.7 Å². The van der Waals surface area contributed by atoms with Gasteiger partial charge in [0.15, 0.2) is 0 Å². The van der Waals surface area contributed by atoms with Gasteiger partial charge in [-0.2, -0.15) is 13.2 Å². The molecule has 132 valence electrons. The Bertz CT molecular complexity index is 658. The van der Waals surface area contributed by atoms with E-state index in [2.05, 4.69) is 4.98 Å². The quantitative estimate of drug-likeness (QED) is 0.838. The molecule has 1 N–H and O–H groups in total. The number of benzene rings is 1. The van der Waals surface area contributed by atoms with Crippen LogP contribution in [0.2, 0.25) is 0 Å². The summed E-state index contributed by atoms with van der Waals surface area (Å²) >= 11 is 0.